The lowest BCUT2D eigenvalue weighted by Gasteiger charge is -2.11. The Morgan fingerprint density at radius 3 is 2.88 bits per heavy atom. The molecule has 0 bridgehead atoms. The summed E-state index contributed by atoms with van der Waals surface area (Å²) in [5.41, 5.74) is 8.28. The molecule has 0 spiro atoms. The molecular formula is C14H19NO2. The summed E-state index contributed by atoms with van der Waals surface area (Å²) >= 11 is 0. The summed E-state index contributed by atoms with van der Waals surface area (Å²) < 4.78 is 0. The topological polar surface area (TPSA) is 67.8 Å². The fraction of sp³-hybridized carbons (Fsp3) is 0.500. The van der Waals surface area contributed by atoms with Gasteiger partial charge in [0.1, 0.15) is 6.04 Å². The van der Waals surface area contributed by atoms with E-state index in [0.717, 1.165) is 6.42 Å². The van der Waals surface area contributed by atoms with Gasteiger partial charge in [-0.15, -0.1) is 0 Å². The molecule has 17 heavy (non-hydrogen) atoms. The number of carbonyl (C=O) groups excluding carboxylic acids is 1. The zero-order valence-corrected chi connectivity index (χ0v) is 10.1. The van der Waals surface area contributed by atoms with Crippen LogP contribution in [0.3, 0.4) is 0 Å². The van der Waals surface area contributed by atoms with Crippen LogP contribution in [-0.2, 0) is 17.6 Å². The van der Waals surface area contributed by atoms with Crippen LogP contribution in [0.4, 0.5) is 0 Å². The van der Waals surface area contributed by atoms with Crippen molar-refractivity contribution >= 4 is 5.97 Å². The lowest BCUT2D eigenvalue weighted by atomic mass is 9.98. The van der Waals surface area contributed by atoms with E-state index in [-0.39, 0.29) is 12.5 Å². The number of quaternary nitrogens is 1. The molecule has 3 nitrogen and oxygen atoms in total. The molecule has 0 saturated heterocycles. The molecule has 1 aromatic carbocycles. The van der Waals surface area contributed by atoms with Gasteiger partial charge in [-0.1, -0.05) is 12.1 Å². The Morgan fingerprint density at radius 1 is 1.35 bits per heavy atom. The average Bonchev–Trinajstić information content (AvgIpc) is 2.75. The first-order chi connectivity index (χ1) is 8.16. The number of carbonyl (C=O) groups is 1. The fourth-order valence-electron chi connectivity index (χ4n) is 2.51. The third-order valence-electron chi connectivity index (χ3n) is 3.53. The molecule has 0 radical (unpaired) electrons. The van der Waals surface area contributed by atoms with Gasteiger partial charge in [0.25, 0.3) is 0 Å². The van der Waals surface area contributed by atoms with E-state index < -0.39 is 5.97 Å². The molecule has 1 aromatic rings. The molecule has 92 valence electrons. The maximum absolute atomic E-state index is 10.3. The molecule has 3 heteroatoms. The molecule has 1 aliphatic carbocycles. The van der Waals surface area contributed by atoms with E-state index >= 15 is 0 Å². The minimum Gasteiger partial charge on any atom is -0.550 e. The van der Waals surface area contributed by atoms with Crippen LogP contribution in [0.15, 0.2) is 18.2 Å². The molecule has 0 heterocycles. The smallest absolute Gasteiger partial charge is 0.110 e. The van der Waals surface area contributed by atoms with Crippen molar-refractivity contribution in [3.63, 3.8) is 0 Å². The number of aliphatic carboxylic acids is 1. The minimum atomic E-state index is -0.967. The molecule has 0 aliphatic heterocycles. The summed E-state index contributed by atoms with van der Waals surface area (Å²) in [6, 6.07) is 6.79. The lowest BCUT2D eigenvalue weighted by molar-refractivity contribution is -0.428. The van der Waals surface area contributed by atoms with Gasteiger partial charge in [-0.05, 0) is 49.3 Å². The first-order valence-corrected chi connectivity index (χ1v) is 6.31. The fourth-order valence-corrected chi connectivity index (χ4v) is 2.51. The van der Waals surface area contributed by atoms with Crippen LogP contribution in [0.5, 0.6) is 0 Å². The first kappa shape index (κ1) is 12.1. The van der Waals surface area contributed by atoms with E-state index in [1.54, 1.807) is 0 Å². The molecule has 2 rings (SSSR count). The summed E-state index contributed by atoms with van der Waals surface area (Å²) in [7, 11) is 0. The van der Waals surface area contributed by atoms with Crippen LogP contribution in [0.2, 0.25) is 0 Å². The Balaban J connectivity index is 1.95. The predicted octanol–water partition coefficient (Wildman–Crippen LogP) is 0.378. The van der Waals surface area contributed by atoms with Crippen molar-refractivity contribution in [3.8, 4) is 0 Å². The van der Waals surface area contributed by atoms with E-state index in [4.69, 9.17) is 0 Å². The Labute approximate surface area is 102 Å². The summed E-state index contributed by atoms with van der Waals surface area (Å²) in [6.45, 7) is 0. The minimum absolute atomic E-state index is 0.136. The van der Waals surface area contributed by atoms with Crippen molar-refractivity contribution in [1.82, 2.24) is 0 Å². The molecule has 1 atom stereocenters. The number of benzene rings is 1. The van der Waals surface area contributed by atoms with Crippen LogP contribution in [0.25, 0.3) is 0 Å². The highest BCUT2D eigenvalue weighted by Gasteiger charge is 2.15. The highest BCUT2D eigenvalue weighted by Crippen LogP contribution is 2.25. The van der Waals surface area contributed by atoms with Crippen LogP contribution < -0.4 is 10.8 Å². The Bertz CT molecular complexity index is 415. The van der Waals surface area contributed by atoms with Crippen molar-refractivity contribution in [1.29, 1.82) is 0 Å². The third kappa shape index (κ3) is 3.07. The molecule has 0 saturated carbocycles. The van der Waals surface area contributed by atoms with Crippen molar-refractivity contribution < 1.29 is 15.6 Å². The van der Waals surface area contributed by atoms with Gasteiger partial charge in [0.2, 0.25) is 0 Å². The second-order valence-electron chi connectivity index (χ2n) is 4.84. The van der Waals surface area contributed by atoms with Gasteiger partial charge in [0.15, 0.2) is 0 Å². The van der Waals surface area contributed by atoms with E-state index in [2.05, 4.69) is 23.9 Å². The van der Waals surface area contributed by atoms with Gasteiger partial charge < -0.3 is 15.6 Å². The van der Waals surface area contributed by atoms with E-state index in [1.165, 1.54) is 36.0 Å². The number of fused-ring (bicyclic) bond motifs is 1. The highest BCUT2D eigenvalue weighted by atomic mass is 16.4. The molecule has 1 aliphatic rings. The molecule has 0 amide bonds. The van der Waals surface area contributed by atoms with Crippen molar-refractivity contribution in [2.75, 3.05) is 0 Å². The van der Waals surface area contributed by atoms with Crippen LogP contribution in [0.1, 0.15) is 48.4 Å². The molecule has 0 unspecified atom stereocenters. The van der Waals surface area contributed by atoms with Gasteiger partial charge >= 0.3 is 0 Å². The maximum Gasteiger partial charge on any atom is 0.110 e. The van der Waals surface area contributed by atoms with Gasteiger partial charge in [-0.3, -0.25) is 0 Å². The zero-order valence-electron chi connectivity index (χ0n) is 10.1. The van der Waals surface area contributed by atoms with Gasteiger partial charge in [-0.25, -0.2) is 0 Å². The average molecular weight is 233 g/mol. The molecule has 3 N–H and O–H groups in total. The van der Waals surface area contributed by atoms with Gasteiger partial charge in [0, 0.05) is 18.0 Å². The third-order valence-corrected chi connectivity index (χ3v) is 3.53. The summed E-state index contributed by atoms with van der Waals surface area (Å²) in [5.74, 6) is -0.967. The Hall–Kier alpha value is -1.35. The van der Waals surface area contributed by atoms with E-state index in [0.29, 0.717) is 6.42 Å². The van der Waals surface area contributed by atoms with Crippen LogP contribution in [0, 0.1) is 0 Å². The van der Waals surface area contributed by atoms with Crippen molar-refractivity contribution in [2.45, 2.75) is 44.6 Å². The predicted molar refractivity (Wildman–Crippen MR) is 63.0 cm³/mol. The number of hydrogen-bond acceptors (Lipinski definition) is 2. The van der Waals surface area contributed by atoms with Crippen molar-refractivity contribution in [3.05, 3.63) is 34.9 Å². The second kappa shape index (κ2) is 5.32. The number of carboxylic acid groups (broad SMARTS) is 1. The largest absolute Gasteiger partial charge is 0.550 e. The molecule has 0 fully saturated rings. The quantitative estimate of drug-likeness (QED) is 0.798. The Morgan fingerprint density at radius 2 is 2.12 bits per heavy atom. The number of aryl methyl sites for hydroxylation is 2. The highest BCUT2D eigenvalue weighted by molar-refractivity contribution is 5.64. The standard InChI is InChI=1S/C14H19NO2/c15-13(5-2-6-14(16)17)12-8-7-10-3-1-4-11(10)9-12/h7-9,13H,1-6,15H2,(H,16,17)/t13-/m1/s1. The van der Waals surface area contributed by atoms with Gasteiger partial charge in [0.05, 0.1) is 0 Å². The summed E-state index contributed by atoms with van der Waals surface area (Å²) in [5, 5.41) is 10.3. The zero-order chi connectivity index (χ0) is 12.3. The number of carboxylic acids is 1. The Kier molecular flexibility index (Phi) is 3.79. The van der Waals surface area contributed by atoms with Crippen LogP contribution >= 0.6 is 0 Å². The first-order valence-electron chi connectivity index (χ1n) is 6.31. The van der Waals surface area contributed by atoms with Crippen LogP contribution in [-0.4, -0.2) is 5.97 Å². The molecular weight excluding hydrogens is 214 g/mol. The maximum atomic E-state index is 10.3. The summed E-state index contributed by atoms with van der Waals surface area (Å²) in [6.07, 6.45) is 5.22. The van der Waals surface area contributed by atoms with E-state index in [9.17, 15) is 9.90 Å². The summed E-state index contributed by atoms with van der Waals surface area (Å²) in [4.78, 5) is 10.3. The normalized spacial score (nSPS) is 15.6. The number of rotatable bonds is 5. The molecule has 0 aromatic heterocycles. The lowest BCUT2D eigenvalue weighted by Crippen LogP contribution is -2.53. The second-order valence-corrected chi connectivity index (χ2v) is 4.84. The van der Waals surface area contributed by atoms with E-state index in [1.807, 2.05) is 0 Å². The SMILES string of the molecule is [NH3+][C@H](CCCC(=O)[O-])c1ccc2c(c1)CCC2. The van der Waals surface area contributed by atoms with Crippen molar-refractivity contribution in [2.24, 2.45) is 0 Å². The monoisotopic (exact) mass is 233 g/mol. The number of hydrogen-bond donors (Lipinski definition) is 1. The van der Waals surface area contributed by atoms with Gasteiger partial charge in [-0.2, -0.15) is 0 Å².